The highest BCUT2D eigenvalue weighted by Crippen LogP contribution is 2.32. The number of rotatable bonds is 6. The third-order valence-electron chi connectivity index (χ3n) is 6.06. The van der Waals surface area contributed by atoms with Crippen molar-refractivity contribution in [3.63, 3.8) is 0 Å². The van der Waals surface area contributed by atoms with Crippen molar-refractivity contribution in [1.29, 1.82) is 0 Å². The lowest BCUT2D eigenvalue weighted by atomic mass is 9.99. The largest absolute Gasteiger partial charge is 0.459 e. The molecular formula is C22H27ClN6O2. The van der Waals surface area contributed by atoms with E-state index < -0.39 is 0 Å². The molecule has 31 heavy (non-hydrogen) atoms. The zero-order valence-corrected chi connectivity index (χ0v) is 18.8. The molecule has 1 aliphatic heterocycles. The highest BCUT2D eigenvalue weighted by atomic mass is 35.5. The first-order valence-corrected chi connectivity index (χ1v) is 10.9. The number of piperazine rings is 1. The summed E-state index contributed by atoms with van der Waals surface area (Å²) in [6.07, 6.45) is 2.42. The highest BCUT2D eigenvalue weighted by molar-refractivity contribution is 6.30. The number of nitrogens with zero attached hydrogens (tertiary/aromatic N) is 6. The quantitative estimate of drug-likeness (QED) is 0.580. The van der Waals surface area contributed by atoms with Gasteiger partial charge in [-0.2, -0.15) is 0 Å². The average molecular weight is 443 g/mol. The summed E-state index contributed by atoms with van der Waals surface area (Å²) in [4.78, 5) is 16.8. The number of amides is 1. The normalized spacial score (nSPS) is 16.5. The number of carbonyl (C=O) groups is 1. The molecular weight excluding hydrogens is 416 g/mol. The molecule has 0 N–H and O–H groups in total. The van der Waals surface area contributed by atoms with Crippen LogP contribution in [0.25, 0.3) is 0 Å². The van der Waals surface area contributed by atoms with Crippen LogP contribution >= 0.6 is 11.6 Å². The fraction of sp³-hybridized carbons (Fsp3) is 0.455. The van der Waals surface area contributed by atoms with Gasteiger partial charge in [0, 0.05) is 31.2 Å². The van der Waals surface area contributed by atoms with Crippen molar-refractivity contribution in [3.05, 3.63) is 64.8 Å². The Bertz CT molecular complexity index is 1010. The minimum atomic E-state index is -0.222. The predicted molar refractivity (Wildman–Crippen MR) is 117 cm³/mol. The van der Waals surface area contributed by atoms with Crippen LogP contribution in [-0.4, -0.2) is 62.1 Å². The first-order chi connectivity index (χ1) is 14.9. The zero-order chi connectivity index (χ0) is 22.0. The number of tetrazole rings is 1. The molecule has 4 rings (SSSR count). The fourth-order valence-electron chi connectivity index (χ4n) is 3.85. The minimum absolute atomic E-state index is 0.0790. The number of halogens is 1. The van der Waals surface area contributed by atoms with E-state index in [1.165, 1.54) is 6.26 Å². The molecule has 1 atom stereocenters. The third-order valence-corrected chi connectivity index (χ3v) is 6.31. The molecule has 0 bridgehead atoms. The molecule has 9 heteroatoms. The van der Waals surface area contributed by atoms with E-state index in [9.17, 15) is 4.79 Å². The molecule has 0 spiro atoms. The third kappa shape index (κ3) is 4.36. The van der Waals surface area contributed by atoms with E-state index in [4.69, 9.17) is 16.0 Å². The van der Waals surface area contributed by atoms with E-state index in [-0.39, 0.29) is 17.5 Å². The van der Waals surface area contributed by atoms with Crippen molar-refractivity contribution in [2.24, 2.45) is 0 Å². The summed E-state index contributed by atoms with van der Waals surface area (Å²) in [6.45, 7) is 8.97. The second-order valence-electron chi connectivity index (χ2n) is 8.37. The fourth-order valence-corrected chi connectivity index (χ4v) is 3.98. The molecule has 1 saturated heterocycles. The summed E-state index contributed by atoms with van der Waals surface area (Å²) >= 11 is 6.14. The molecule has 1 aromatic carbocycles. The zero-order valence-electron chi connectivity index (χ0n) is 18.0. The van der Waals surface area contributed by atoms with Crippen LogP contribution < -0.4 is 0 Å². The van der Waals surface area contributed by atoms with Crippen LogP contribution in [0.5, 0.6) is 0 Å². The average Bonchev–Trinajstić information content (AvgIpc) is 3.48. The van der Waals surface area contributed by atoms with Gasteiger partial charge in [-0.25, -0.2) is 4.68 Å². The van der Waals surface area contributed by atoms with Gasteiger partial charge in [0.15, 0.2) is 11.6 Å². The number of carbonyl (C=O) groups excluding carboxylic acids is 1. The van der Waals surface area contributed by atoms with Gasteiger partial charge in [-0.15, -0.1) is 5.10 Å². The molecule has 1 amide bonds. The van der Waals surface area contributed by atoms with E-state index in [1.807, 2.05) is 33.8 Å². The molecule has 0 aliphatic carbocycles. The first kappa shape index (κ1) is 21.5. The molecule has 3 aromatic rings. The molecule has 164 valence electrons. The van der Waals surface area contributed by atoms with Gasteiger partial charge in [0.05, 0.1) is 17.8 Å². The summed E-state index contributed by atoms with van der Waals surface area (Å²) in [5.41, 5.74) is 0.846. The van der Waals surface area contributed by atoms with Crippen molar-refractivity contribution in [3.8, 4) is 0 Å². The molecule has 8 nitrogen and oxygen atoms in total. The Labute approximate surface area is 186 Å². The Balaban J connectivity index is 1.62. The van der Waals surface area contributed by atoms with Crippen LogP contribution in [-0.2, 0) is 5.54 Å². The summed E-state index contributed by atoms with van der Waals surface area (Å²) in [5.74, 6) is 1.08. The first-order valence-electron chi connectivity index (χ1n) is 10.5. The second kappa shape index (κ2) is 8.80. The van der Waals surface area contributed by atoms with Crippen LogP contribution in [0.4, 0.5) is 0 Å². The van der Waals surface area contributed by atoms with E-state index in [0.29, 0.717) is 37.0 Å². The van der Waals surface area contributed by atoms with Gasteiger partial charge in [0.25, 0.3) is 5.91 Å². The summed E-state index contributed by atoms with van der Waals surface area (Å²) in [6, 6.07) is 11.1. The van der Waals surface area contributed by atoms with Crippen molar-refractivity contribution in [2.45, 2.75) is 38.8 Å². The van der Waals surface area contributed by atoms with Crippen LogP contribution in [0.1, 0.15) is 55.2 Å². The van der Waals surface area contributed by atoms with E-state index in [1.54, 1.807) is 12.1 Å². The Morgan fingerprint density at radius 3 is 2.48 bits per heavy atom. The number of benzene rings is 1. The Kier molecular flexibility index (Phi) is 6.11. The number of furan rings is 1. The van der Waals surface area contributed by atoms with Gasteiger partial charge in [-0.3, -0.25) is 9.69 Å². The van der Waals surface area contributed by atoms with Gasteiger partial charge in [0.2, 0.25) is 0 Å². The van der Waals surface area contributed by atoms with E-state index in [0.717, 1.165) is 17.8 Å². The monoisotopic (exact) mass is 442 g/mol. The van der Waals surface area contributed by atoms with Crippen LogP contribution in [0, 0.1) is 0 Å². The Hall–Kier alpha value is -2.71. The molecule has 2 aromatic heterocycles. The number of hydrogen-bond donors (Lipinski definition) is 0. The predicted octanol–water partition coefficient (Wildman–Crippen LogP) is 3.61. The van der Waals surface area contributed by atoms with Gasteiger partial charge < -0.3 is 9.32 Å². The van der Waals surface area contributed by atoms with E-state index in [2.05, 4.69) is 41.2 Å². The maximum Gasteiger partial charge on any atom is 0.289 e. The molecule has 3 heterocycles. The summed E-state index contributed by atoms with van der Waals surface area (Å²) in [5, 5.41) is 13.4. The highest BCUT2D eigenvalue weighted by Gasteiger charge is 2.35. The van der Waals surface area contributed by atoms with Crippen LogP contribution in [0.3, 0.4) is 0 Å². The van der Waals surface area contributed by atoms with Crippen LogP contribution in [0.2, 0.25) is 5.02 Å². The lowest BCUT2D eigenvalue weighted by Gasteiger charge is -2.39. The van der Waals surface area contributed by atoms with Crippen molar-refractivity contribution < 1.29 is 9.21 Å². The molecule has 0 unspecified atom stereocenters. The maximum absolute atomic E-state index is 12.7. The smallest absolute Gasteiger partial charge is 0.289 e. The molecule has 1 fully saturated rings. The van der Waals surface area contributed by atoms with E-state index >= 15 is 0 Å². The lowest BCUT2D eigenvalue weighted by Crippen LogP contribution is -2.50. The van der Waals surface area contributed by atoms with Gasteiger partial charge in [-0.1, -0.05) is 30.7 Å². The summed E-state index contributed by atoms with van der Waals surface area (Å²) in [7, 11) is 0. The lowest BCUT2D eigenvalue weighted by molar-refractivity contribution is 0.0555. The Morgan fingerprint density at radius 1 is 1.16 bits per heavy atom. The SMILES string of the molecule is CCC(C)(C)n1nnnc1[C@@H](c1ccc(Cl)cc1)N1CCN(C(=O)c2ccco2)CC1. The topological polar surface area (TPSA) is 80.3 Å². The molecule has 1 aliphatic rings. The van der Waals surface area contributed by atoms with Crippen molar-refractivity contribution in [1.82, 2.24) is 30.0 Å². The van der Waals surface area contributed by atoms with Crippen molar-refractivity contribution >= 4 is 17.5 Å². The Morgan fingerprint density at radius 2 is 1.87 bits per heavy atom. The van der Waals surface area contributed by atoms with Crippen LogP contribution in [0.15, 0.2) is 47.1 Å². The minimum Gasteiger partial charge on any atom is -0.459 e. The maximum atomic E-state index is 12.7. The van der Waals surface area contributed by atoms with Gasteiger partial charge in [0.1, 0.15) is 0 Å². The standard InChI is InChI=1S/C22H27ClN6O2/c1-4-22(2,3)29-20(24-25-26-29)19(16-7-9-17(23)10-8-16)27-11-13-28(14-12-27)21(30)18-6-5-15-31-18/h5-10,15,19H,4,11-14H2,1-3H3/t19-/m1/s1. The summed E-state index contributed by atoms with van der Waals surface area (Å²) < 4.78 is 7.20. The van der Waals surface area contributed by atoms with Crippen molar-refractivity contribution in [2.75, 3.05) is 26.2 Å². The number of hydrogen-bond acceptors (Lipinski definition) is 6. The second-order valence-corrected chi connectivity index (χ2v) is 8.81. The van der Waals surface area contributed by atoms with Gasteiger partial charge in [-0.05, 0) is 60.5 Å². The number of aromatic nitrogens is 4. The molecule has 0 saturated carbocycles. The molecule has 0 radical (unpaired) electrons. The van der Waals surface area contributed by atoms with Gasteiger partial charge >= 0.3 is 0 Å².